The number of aliphatic hydroxyl groups is 1. The van der Waals surface area contributed by atoms with Crippen molar-refractivity contribution in [3.05, 3.63) is 35.4 Å². The van der Waals surface area contributed by atoms with Gasteiger partial charge >= 0.3 is 0 Å². The van der Waals surface area contributed by atoms with Gasteiger partial charge < -0.3 is 9.84 Å². The molecule has 2 heteroatoms. The molecular formula is C20H28O2. The van der Waals surface area contributed by atoms with Gasteiger partial charge in [-0.25, -0.2) is 0 Å². The van der Waals surface area contributed by atoms with Crippen LogP contribution in [0.2, 0.25) is 0 Å². The third-order valence-corrected chi connectivity index (χ3v) is 5.26. The van der Waals surface area contributed by atoms with Gasteiger partial charge in [-0.2, -0.15) is 0 Å². The molecule has 3 rings (SSSR count). The highest BCUT2D eigenvalue weighted by Gasteiger charge is 2.52. The van der Waals surface area contributed by atoms with Crippen LogP contribution >= 0.6 is 0 Å². The second-order valence-corrected chi connectivity index (χ2v) is 8.64. The highest BCUT2D eigenvalue weighted by atomic mass is 16.5. The van der Waals surface area contributed by atoms with Crippen LogP contribution in [0.15, 0.2) is 24.3 Å². The van der Waals surface area contributed by atoms with Gasteiger partial charge in [0.05, 0.1) is 6.61 Å². The topological polar surface area (TPSA) is 29.5 Å². The summed E-state index contributed by atoms with van der Waals surface area (Å²) < 4.78 is 6.23. The summed E-state index contributed by atoms with van der Waals surface area (Å²) >= 11 is 0. The van der Waals surface area contributed by atoms with E-state index >= 15 is 0 Å². The predicted molar refractivity (Wildman–Crippen MR) is 91.1 cm³/mol. The number of aliphatic hydroxyl groups excluding tert-OH is 1. The number of hydrogen-bond acceptors (Lipinski definition) is 2. The molecule has 0 spiro atoms. The SMILES string of the molecule is C[C@H]1C[C@]1(CO)c1ccc2c(c1)OC(C)(C)C=C2C(C)(C)C. The van der Waals surface area contributed by atoms with Crippen LogP contribution in [0.3, 0.4) is 0 Å². The fraction of sp³-hybridized carbons (Fsp3) is 0.600. The lowest BCUT2D eigenvalue weighted by molar-refractivity contribution is 0.155. The van der Waals surface area contributed by atoms with E-state index in [4.69, 9.17) is 4.74 Å². The van der Waals surface area contributed by atoms with Crippen molar-refractivity contribution in [3.63, 3.8) is 0 Å². The van der Waals surface area contributed by atoms with Gasteiger partial charge in [-0.3, -0.25) is 0 Å². The molecule has 2 atom stereocenters. The maximum Gasteiger partial charge on any atom is 0.128 e. The minimum atomic E-state index is -0.296. The molecule has 2 nitrogen and oxygen atoms in total. The van der Waals surface area contributed by atoms with Gasteiger partial charge in [-0.15, -0.1) is 0 Å². The van der Waals surface area contributed by atoms with Gasteiger partial charge in [-0.1, -0.05) is 39.8 Å². The highest BCUT2D eigenvalue weighted by molar-refractivity contribution is 5.77. The molecule has 120 valence electrons. The molecule has 1 N–H and O–H groups in total. The molecule has 22 heavy (non-hydrogen) atoms. The van der Waals surface area contributed by atoms with Gasteiger partial charge in [0.25, 0.3) is 0 Å². The Morgan fingerprint density at radius 3 is 2.41 bits per heavy atom. The fourth-order valence-corrected chi connectivity index (χ4v) is 3.70. The summed E-state index contributed by atoms with van der Waals surface area (Å²) in [5.41, 5.74) is 3.48. The van der Waals surface area contributed by atoms with Crippen LogP contribution in [0, 0.1) is 11.3 Å². The Balaban J connectivity index is 2.09. The van der Waals surface area contributed by atoms with Crippen molar-refractivity contribution in [2.45, 2.75) is 59.0 Å². The Morgan fingerprint density at radius 1 is 1.27 bits per heavy atom. The van der Waals surface area contributed by atoms with E-state index in [2.05, 4.69) is 65.8 Å². The van der Waals surface area contributed by atoms with Crippen molar-refractivity contribution in [3.8, 4) is 5.75 Å². The Morgan fingerprint density at radius 2 is 1.91 bits per heavy atom. The zero-order valence-corrected chi connectivity index (χ0v) is 14.7. The van der Waals surface area contributed by atoms with E-state index in [0.717, 1.165) is 12.2 Å². The second kappa shape index (κ2) is 4.61. The molecule has 1 heterocycles. The summed E-state index contributed by atoms with van der Waals surface area (Å²) in [7, 11) is 0. The van der Waals surface area contributed by atoms with Gasteiger partial charge in [0.1, 0.15) is 11.4 Å². The van der Waals surface area contributed by atoms with E-state index in [-0.39, 0.29) is 23.0 Å². The Labute approximate surface area is 134 Å². The predicted octanol–water partition coefficient (Wildman–Crippen LogP) is 4.56. The number of fused-ring (bicyclic) bond motifs is 1. The molecule has 1 saturated carbocycles. The Bertz CT molecular complexity index is 630. The highest BCUT2D eigenvalue weighted by Crippen LogP contribution is 2.55. The molecule has 0 aromatic heterocycles. The zero-order chi connectivity index (χ0) is 16.3. The molecule has 1 fully saturated rings. The Hall–Kier alpha value is -1.28. The van der Waals surface area contributed by atoms with Gasteiger partial charge in [0.15, 0.2) is 0 Å². The molecule has 1 aromatic carbocycles. The van der Waals surface area contributed by atoms with Crippen LogP contribution in [0.1, 0.15) is 59.1 Å². The van der Waals surface area contributed by atoms with E-state index in [1.54, 1.807) is 0 Å². The molecule has 1 aliphatic heterocycles. The summed E-state index contributed by atoms with van der Waals surface area (Å²) in [6.07, 6.45) is 3.31. The van der Waals surface area contributed by atoms with Crippen molar-refractivity contribution in [2.75, 3.05) is 6.61 Å². The minimum Gasteiger partial charge on any atom is -0.483 e. The van der Waals surface area contributed by atoms with Gasteiger partial charge in [-0.05, 0) is 54.9 Å². The first-order chi connectivity index (χ1) is 10.1. The quantitative estimate of drug-likeness (QED) is 0.867. The molecule has 0 amide bonds. The summed E-state index contributed by atoms with van der Waals surface area (Å²) in [4.78, 5) is 0. The molecule has 0 bridgehead atoms. The lowest BCUT2D eigenvalue weighted by Gasteiger charge is -2.36. The third kappa shape index (κ3) is 2.38. The van der Waals surface area contributed by atoms with E-state index in [1.165, 1.54) is 16.7 Å². The lowest BCUT2D eigenvalue weighted by Crippen LogP contribution is -2.31. The van der Waals surface area contributed by atoms with E-state index < -0.39 is 0 Å². The Kier molecular flexibility index (Phi) is 3.27. The largest absolute Gasteiger partial charge is 0.483 e. The first-order valence-corrected chi connectivity index (χ1v) is 8.27. The number of hydrogen-bond donors (Lipinski definition) is 1. The second-order valence-electron chi connectivity index (χ2n) is 8.64. The van der Waals surface area contributed by atoms with Crippen LogP contribution in [0.5, 0.6) is 5.75 Å². The number of allylic oxidation sites excluding steroid dienone is 1. The minimum absolute atomic E-state index is 0.0500. The molecule has 1 aliphatic carbocycles. The molecular weight excluding hydrogens is 272 g/mol. The molecule has 0 saturated heterocycles. The van der Waals surface area contributed by atoms with E-state index in [9.17, 15) is 5.11 Å². The van der Waals surface area contributed by atoms with Crippen LogP contribution in [0.25, 0.3) is 5.57 Å². The smallest absolute Gasteiger partial charge is 0.128 e. The van der Waals surface area contributed by atoms with Crippen molar-refractivity contribution in [2.24, 2.45) is 11.3 Å². The standard InChI is InChI=1S/C20H28O2/c1-13-10-20(13,12-21)14-7-8-15-16(18(2,3)4)11-19(5,6)22-17(15)9-14/h7-9,11,13,21H,10,12H2,1-6H3/t13-,20+/m0/s1. The van der Waals surface area contributed by atoms with Crippen LogP contribution in [-0.4, -0.2) is 17.3 Å². The average molecular weight is 300 g/mol. The molecule has 2 aliphatic rings. The number of rotatable bonds is 2. The molecule has 0 radical (unpaired) electrons. The van der Waals surface area contributed by atoms with E-state index in [0.29, 0.717) is 5.92 Å². The molecule has 1 aromatic rings. The van der Waals surface area contributed by atoms with Crippen molar-refractivity contribution in [1.29, 1.82) is 0 Å². The maximum atomic E-state index is 9.82. The zero-order valence-electron chi connectivity index (χ0n) is 14.7. The average Bonchev–Trinajstić information content (AvgIpc) is 3.07. The van der Waals surface area contributed by atoms with Crippen molar-refractivity contribution >= 4 is 5.57 Å². The summed E-state index contributed by atoms with van der Waals surface area (Å²) in [6, 6.07) is 6.52. The first kappa shape index (κ1) is 15.6. The summed E-state index contributed by atoms with van der Waals surface area (Å²) in [6.45, 7) is 13.4. The van der Waals surface area contributed by atoms with Crippen LogP contribution in [-0.2, 0) is 5.41 Å². The fourth-order valence-electron chi connectivity index (χ4n) is 3.70. The third-order valence-electron chi connectivity index (χ3n) is 5.26. The normalized spacial score (nSPS) is 29.4. The van der Waals surface area contributed by atoms with Crippen LogP contribution in [0.4, 0.5) is 0 Å². The summed E-state index contributed by atoms with van der Waals surface area (Å²) in [5, 5.41) is 9.82. The number of ether oxygens (including phenoxy) is 1. The maximum absolute atomic E-state index is 9.82. The van der Waals surface area contributed by atoms with Crippen molar-refractivity contribution in [1.82, 2.24) is 0 Å². The van der Waals surface area contributed by atoms with Gasteiger partial charge in [0.2, 0.25) is 0 Å². The number of benzene rings is 1. The van der Waals surface area contributed by atoms with E-state index in [1.807, 2.05) is 0 Å². The van der Waals surface area contributed by atoms with Gasteiger partial charge in [0, 0.05) is 11.0 Å². The first-order valence-electron chi connectivity index (χ1n) is 8.27. The summed E-state index contributed by atoms with van der Waals surface area (Å²) in [5.74, 6) is 1.51. The lowest BCUT2D eigenvalue weighted by atomic mass is 9.77. The van der Waals surface area contributed by atoms with Crippen LogP contribution < -0.4 is 4.74 Å². The monoisotopic (exact) mass is 300 g/mol. The molecule has 0 unspecified atom stereocenters. The van der Waals surface area contributed by atoms with Crippen molar-refractivity contribution < 1.29 is 9.84 Å².